The number of hydrogen-bond acceptors (Lipinski definition) is 4. The van der Waals surface area contributed by atoms with Gasteiger partial charge in [0.2, 0.25) is 0 Å². The predicted octanol–water partition coefficient (Wildman–Crippen LogP) is 2.43. The van der Waals surface area contributed by atoms with Gasteiger partial charge in [-0.15, -0.1) is 0 Å². The first-order valence-corrected chi connectivity index (χ1v) is 7.70. The van der Waals surface area contributed by atoms with Gasteiger partial charge in [0.15, 0.2) is 0 Å². The third kappa shape index (κ3) is 7.53. The van der Waals surface area contributed by atoms with Gasteiger partial charge in [-0.2, -0.15) is 0 Å². The van der Waals surface area contributed by atoms with E-state index in [0.29, 0.717) is 6.61 Å². The van der Waals surface area contributed by atoms with Crippen molar-refractivity contribution in [3.8, 4) is 0 Å². The van der Waals surface area contributed by atoms with E-state index in [1.165, 1.54) is 0 Å². The molecular weight excluding hydrogens is 243 g/mol. The molecule has 0 saturated heterocycles. The van der Waals surface area contributed by atoms with Gasteiger partial charge in [0.1, 0.15) is 0 Å². The van der Waals surface area contributed by atoms with Crippen molar-refractivity contribution < 1.29 is 23.5 Å². The Morgan fingerprint density at radius 1 is 1.24 bits per heavy atom. The predicted molar refractivity (Wildman–Crippen MR) is 65.9 cm³/mol. The average Bonchev–Trinajstić information content (AvgIpc) is 2.16. The molecule has 1 N–H and O–H groups in total. The maximum absolute atomic E-state index is 11.6. The Morgan fingerprint density at radius 3 is 2.29 bits per heavy atom. The highest BCUT2D eigenvalue weighted by Crippen LogP contribution is 2.45. The van der Waals surface area contributed by atoms with E-state index >= 15 is 0 Å². The smallest absolute Gasteiger partial charge is 0.328 e. The van der Waals surface area contributed by atoms with Gasteiger partial charge in [-0.05, 0) is 25.7 Å². The van der Waals surface area contributed by atoms with Crippen LogP contribution in [0.2, 0.25) is 0 Å². The topological polar surface area (TPSA) is 72.8 Å². The Morgan fingerprint density at radius 2 is 1.82 bits per heavy atom. The second kappa shape index (κ2) is 7.85. The Labute approximate surface area is 103 Å². The van der Waals surface area contributed by atoms with Crippen LogP contribution >= 0.6 is 7.60 Å². The molecule has 0 aliphatic heterocycles. The molecule has 0 bridgehead atoms. The lowest BCUT2D eigenvalue weighted by molar-refractivity contribution is -0.144. The number of carbonyl (C=O) groups excluding carboxylic acids is 1. The lowest BCUT2D eigenvalue weighted by Crippen LogP contribution is -2.18. The zero-order chi connectivity index (χ0) is 13.5. The van der Waals surface area contributed by atoms with Crippen LogP contribution in [0.15, 0.2) is 0 Å². The monoisotopic (exact) mass is 266 g/mol. The van der Waals surface area contributed by atoms with Crippen LogP contribution in [0, 0.1) is 11.8 Å². The van der Waals surface area contributed by atoms with Crippen LogP contribution in [0.1, 0.15) is 34.1 Å². The summed E-state index contributed by atoms with van der Waals surface area (Å²) >= 11 is 0. The molecule has 0 aromatic rings. The molecule has 0 aromatic carbocycles. The molecule has 0 aliphatic rings. The maximum Gasteiger partial charge on any atom is 0.328 e. The summed E-state index contributed by atoms with van der Waals surface area (Å²) < 4.78 is 21.2. The van der Waals surface area contributed by atoms with Gasteiger partial charge in [-0.1, -0.05) is 13.8 Å². The molecule has 6 heteroatoms. The van der Waals surface area contributed by atoms with Crippen molar-refractivity contribution in [1.29, 1.82) is 0 Å². The normalized spacial score (nSPS) is 18.2. The first kappa shape index (κ1) is 16.6. The van der Waals surface area contributed by atoms with Crippen molar-refractivity contribution in [2.24, 2.45) is 11.8 Å². The SMILES string of the molecule is CCOC(=O)CC(C)C(C)CP(=O)(O)OCC. The number of hydrogen-bond donors (Lipinski definition) is 1. The number of rotatable bonds is 8. The Kier molecular flexibility index (Phi) is 7.68. The van der Waals surface area contributed by atoms with E-state index in [0.717, 1.165) is 0 Å². The van der Waals surface area contributed by atoms with Crippen LogP contribution in [0.5, 0.6) is 0 Å². The molecule has 3 atom stereocenters. The second-order valence-corrected chi connectivity index (χ2v) is 6.10. The number of carbonyl (C=O) groups is 1. The van der Waals surface area contributed by atoms with E-state index in [1.54, 1.807) is 13.8 Å². The third-order valence-corrected chi connectivity index (χ3v) is 4.31. The summed E-state index contributed by atoms with van der Waals surface area (Å²) in [6.07, 6.45) is 0.336. The third-order valence-electron chi connectivity index (χ3n) is 2.61. The minimum Gasteiger partial charge on any atom is -0.466 e. The van der Waals surface area contributed by atoms with E-state index in [9.17, 15) is 14.3 Å². The van der Waals surface area contributed by atoms with Crippen molar-refractivity contribution in [2.75, 3.05) is 19.4 Å². The molecule has 5 nitrogen and oxygen atoms in total. The van der Waals surface area contributed by atoms with Crippen LogP contribution in [0.3, 0.4) is 0 Å². The van der Waals surface area contributed by atoms with E-state index in [2.05, 4.69) is 0 Å². The van der Waals surface area contributed by atoms with E-state index in [4.69, 9.17) is 9.26 Å². The highest BCUT2D eigenvalue weighted by atomic mass is 31.2. The Hall–Kier alpha value is -0.380. The van der Waals surface area contributed by atoms with Crippen LogP contribution in [-0.2, 0) is 18.6 Å². The molecule has 0 heterocycles. The van der Waals surface area contributed by atoms with Gasteiger partial charge < -0.3 is 14.2 Å². The largest absolute Gasteiger partial charge is 0.466 e. The van der Waals surface area contributed by atoms with Crippen molar-refractivity contribution in [1.82, 2.24) is 0 Å². The van der Waals surface area contributed by atoms with Crippen molar-refractivity contribution >= 4 is 13.6 Å². The number of esters is 1. The van der Waals surface area contributed by atoms with Gasteiger partial charge in [-0.25, -0.2) is 0 Å². The Bertz CT molecular complexity index is 279. The summed E-state index contributed by atoms with van der Waals surface area (Å²) in [6, 6.07) is 0. The molecule has 0 spiro atoms. The van der Waals surface area contributed by atoms with Gasteiger partial charge in [0.05, 0.1) is 19.4 Å². The zero-order valence-corrected chi connectivity index (χ0v) is 11.9. The lowest BCUT2D eigenvalue weighted by atomic mass is 9.95. The summed E-state index contributed by atoms with van der Waals surface area (Å²) in [5.74, 6) is -0.340. The van der Waals surface area contributed by atoms with Crippen molar-refractivity contribution in [2.45, 2.75) is 34.1 Å². The summed E-state index contributed by atoms with van der Waals surface area (Å²) in [6.45, 7) is 7.71. The Balaban J connectivity index is 4.17. The second-order valence-electron chi connectivity index (χ2n) is 4.20. The first-order valence-electron chi connectivity index (χ1n) is 5.94. The highest BCUT2D eigenvalue weighted by Gasteiger charge is 2.26. The average molecular weight is 266 g/mol. The fourth-order valence-electron chi connectivity index (χ4n) is 1.48. The molecule has 0 amide bonds. The van der Waals surface area contributed by atoms with Crippen LogP contribution in [0.25, 0.3) is 0 Å². The molecule has 102 valence electrons. The van der Waals surface area contributed by atoms with Gasteiger partial charge >= 0.3 is 13.6 Å². The number of ether oxygens (including phenoxy) is 1. The molecule has 0 aliphatic carbocycles. The summed E-state index contributed by atoms with van der Waals surface area (Å²) in [5.41, 5.74) is 0. The first-order chi connectivity index (χ1) is 7.82. The van der Waals surface area contributed by atoms with Crippen molar-refractivity contribution in [3.63, 3.8) is 0 Å². The molecule has 3 unspecified atom stereocenters. The van der Waals surface area contributed by atoms with Gasteiger partial charge in [0, 0.05) is 6.42 Å². The molecule has 0 rings (SSSR count). The molecule has 0 fully saturated rings. The van der Waals surface area contributed by atoms with Crippen LogP contribution in [-0.4, -0.2) is 30.2 Å². The summed E-state index contributed by atoms with van der Waals surface area (Å²) in [4.78, 5) is 20.8. The zero-order valence-electron chi connectivity index (χ0n) is 11.0. The highest BCUT2D eigenvalue weighted by molar-refractivity contribution is 7.52. The summed E-state index contributed by atoms with van der Waals surface area (Å²) in [5, 5.41) is 0. The van der Waals surface area contributed by atoms with E-state index in [-0.39, 0.29) is 37.0 Å². The lowest BCUT2D eigenvalue weighted by Gasteiger charge is -2.21. The van der Waals surface area contributed by atoms with Crippen molar-refractivity contribution in [3.05, 3.63) is 0 Å². The minimum absolute atomic E-state index is 0.00465. The molecule has 0 saturated carbocycles. The van der Waals surface area contributed by atoms with Crippen LogP contribution in [0.4, 0.5) is 0 Å². The van der Waals surface area contributed by atoms with E-state index < -0.39 is 7.60 Å². The molecular formula is C11H23O5P. The molecule has 17 heavy (non-hydrogen) atoms. The van der Waals surface area contributed by atoms with E-state index in [1.807, 2.05) is 13.8 Å². The molecule has 0 radical (unpaired) electrons. The van der Waals surface area contributed by atoms with Gasteiger partial charge in [0.25, 0.3) is 0 Å². The fraction of sp³-hybridized carbons (Fsp3) is 0.909. The molecule has 0 aromatic heterocycles. The standard InChI is InChI=1S/C11H23O5P/c1-5-15-11(12)7-9(3)10(4)8-17(13,14)16-6-2/h9-10H,5-8H2,1-4H3,(H,13,14). The van der Waals surface area contributed by atoms with Gasteiger partial charge in [-0.3, -0.25) is 9.36 Å². The minimum atomic E-state index is -3.51. The van der Waals surface area contributed by atoms with Crippen LogP contribution < -0.4 is 0 Å². The fourth-order valence-corrected chi connectivity index (χ4v) is 3.08. The quantitative estimate of drug-likeness (QED) is 0.539. The summed E-state index contributed by atoms with van der Waals surface area (Å²) in [7, 11) is -3.51. The maximum atomic E-state index is 11.6.